The van der Waals surface area contributed by atoms with Gasteiger partial charge in [-0.15, -0.1) is 0 Å². The van der Waals surface area contributed by atoms with Gasteiger partial charge in [-0.2, -0.15) is 14.9 Å². The van der Waals surface area contributed by atoms with E-state index in [2.05, 4.69) is 15.3 Å². The van der Waals surface area contributed by atoms with Gasteiger partial charge in [-0.1, -0.05) is 24.3 Å². The number of rotatable bonds is 3. The minimum absolute atomic E-state index is 0.133. The van der Waals surface area contributed by atoms with E-state index in [4.69, 9.17) is 12.2 Å². The second-order valence-corrected chi connectivity index (χ2v) is 4.87. The van der Waals surface area contributed by atoms with Crippen LogP contribution in [0, 0.1) is 10.6 Å². The number of aromatic amines is 1. The van der Waals surface area contributed by atoms with Gasteiger partial charge in [0, 0.05) is 0 Å². The van der Waals surface area contributed by atoms with Crippen molar-refractivity contribution < 1.29 is 9.50 Å². The largest absolute Gasteiger partial charge is 0.508 e. The van der Waals surface area contributed by atoms with Gasteiger partial charge in [-0.25, -0.2) is 9.49 Å². The fraction of sp³-hybridized carbons (Fsp3) is 0. The van der Waals surface area contributed by atoms with Gasteiger partial charge in [0.15, 0.2) is 5.82 Å². The van der Waals surface area contributed by atoms with Crippen molar-refractivity contribution in [3.8, 4) is 17.1 Å². The molecule has 0 unspecified atom stereocenters. The van der Waals surface area contributed by atoms with E-state index >= 15 is 0 Å². The summed E-state index contributed by atoms with van der Waals surface area (Å²) in [5.74, 6) is -0.00104. The van der Waals surface area contributed by atoms with Crippen molar-refractivity contribution in [1.29, 1.82) is 0 Å². The molecular weight excluding hydrogens is 303 g/mol. The number of aromatic nitrogens is 3. The minimum atomic E-state index is -0.412. The van der Waals surface area contributed by atoms with Gasteiger partial charge in [0.2, 0.25) is 4.77 Å². The van der Waals surface area contributed by atoms with Crippen LogP contribution in [0.25, 0.3) is 11.4 Å². The van der Waals surface area contributed by atoms with Gasteiger partial charge in [0.1, 0.15) is 11.6 Å². The number of H-pyrrole nitrogens is 1. The lowest BCUT2D eigenvalue weighted by Gasteiger charge is -2.02. The first-order chi connectivity index (χ1) is 10.6. The molecule has 0 bridgehead atoms. The second-order valence-electron chi connectivity index (χ2n) is 4.48. The number of phenolic OH excluding ortho intramolecular Hbond substituents is 1. The molecule has 0 saturated heterocycles. The van der Waals surface area contributed by atoms with Gasteiger partial charge in [0.25, 0.3) is 0 Å². The van der Waals surface area contributed by atoms with Gasteiger partial charge < -0.3 is 5.11 Å². The summed E-state index contributed by atoms with van der Waals surface area (Å²) in [7, 11) is 0. The zero-order valence-corrected chi connectivity index (χ0v) is 12.1. The van der Waals surface area contributed by atoms with Crippen LogP contribution >= 0.6 is 12.2 Å². The molecule has 1 aromatic heterocycles. The summed E-state index contributed by atoms with van der Waals surface area (Å²) < 4.78 is 15.5. The third kappa shape index (κ3) is 2.79. The van der Waals surface area contributed by atoms with Gasteiger partial charge >= 0.3 is 0 Å². The predicted molar refractivity (Wildman–Crippen MR) is 83.9 cm³/mol. The molecule has 0 aliphatic rings. The fourth-order valence-electron chi connectivity index (χ4n) is 1.95. The molecule has 1 heterocycles. The molecule has 7 heteroatoms. The first-order valence-corrected chi connectivity index (χ1v) is 6.81. The molecule has 0 fully saturated rings. The number of hydrogen-bond acceptors (Lipinski definition) is 4. The predicted octanol–water partition coefficient (Wildman–Crippen LogP) is 3.33. The van der Waals surface area contributed by atoms with E-state index < -0.39 is 5.82 Å². The van der Waals surface area contributed by atoms with Crippen LogP contribution in [0.4, 0.5) is 4.39 Å². The van der Waals surface area contributed by atoms with Crippen LogP contribution in [-0.2, 0) is 0 Å². The van der Waals surface area contributed by atoms with E-state index in [1.807, 2.05) is 0 Å². The Morgan fingerprint density at radius 1 is 1.23 bits per heavy atom. The Balaban J connectivity index is 2.04. The van der Waals surface area contributed by atoms with Crippen molar-refractivity contribution in [2.24, 2.45) is 5.10 Å². The van der Waals surface area contributed by atoms with Crippen molar-refractivity contribution in [3.63, 3.8) is 0 Å². The smallest absolute Gasteiger partial charge is 0.216 e. The summed E-state index contributed by atoms with van der Waals surface area (Å²) in [4.78, 5) is 0. The number of benzene rings is 2. The Bertz CT molecular complexity index is 900. The van der Waals surface area contributed by atoms with Gasteiger partial charge in [0.05, 0.1) is 11.8 Å². The normalized spacial score (nSPS) is 11.1. The van der Waals surface area contributed by atoms with Crippen LogP contribution in [0.1, 0.15) is 5.56 Å². The highest BCUT2D eigenvalue weighted by Crippen LogP contribution is 2.20. The summed E-state index contributed by atoms with van der Waals surface area (Å²) in [5, 5.41) is 20.3. The van der Waals surface area contributed by atoms with E-state index in [9.17, 15) is 9.50 Å². The van der Waals surface area contributed by atoms with E-state index in [-0.39, 0.29) is 16.3 Å². The number of nitrogens with one attached hydrogen (secondary N) is 1. The van der Waals surface area contributed by atoms with Crippen molar-refractivity contribution in [1.82, 2.24) is 14.9 Å². The third-order valence-corrected chi connectivity index (χ3v) is 3.22. The number of halogens is 1. The number of nitrogens with zero attached hydrogens (tertiary/aromatic N) is 3. The van der Waals surface area contributed by atoms with Crippen molar-refractivity contribution >= 4 is 18.4 Å². The zero-order chi connectivity index (χ0) is 15.5. The lowest BCUT2D eigenvalue weighted by Crippen LogP contribution is -1.96. The zero-order valence-electron chi connectivity index (χ0n) is 11.3. The molecule has 0 radical (unpaired) electrons. The van der Waals surface area contributed by atoms with Crippen LogP contribution in [0.15, 0.2) is 53.6 Å². The minimum Gasteiger partial charge on any atom is -0.508 e. The first kappa shape index (κ1) is 14.2. The summed E-state index contributed by atoms with van der Waals surface area (Å²) in [6.45, 7) is 0. The third-order valence-electron chi connectivity index (χ3n) is 2.96. The average molecular weight is 314 g/mol. The van der Waals surface area contributed by atoms with Crippen molar-refractivity contribution in [2.45, 2.75) is 0 Å². The molecule has 2 aromatic carbocycles. The first-order valence-electron chi connectivity index (χ1n) is 6.41. The van der Waals surface area contributed by atoms with Gasteiger partial charge in [-0.3, -0.25) is 0 Å². The topological polar surface area (TPSA) is 66.2 Å². The summed E-state index contributed by atoms with van der Waals surface area (Å²) in [6, 6.07) is 12.8. The molecule has 0 spiro atoms. The standard InChI is InChI=1S/C15H11FN4OS/c16-13-7-2-1-6-12(13)14-18-19-15(22)20(14)17-9-10-4-3-5-11(21)8-10/h1-9,21H,(H,19,22)/b17-9-. The highest BCUT2D eigenvalue weighted by atomic mass is 32.1. The van der Waals surface area contributed by atoms with Crippen LogP contribution in [0.3, 0.4) is 0 Å². The maximum Gasteiger partial charge on any atom is 0.216 e. The highest BCUT2D eigenvalue weighted by Gasteiger charge is 2.12. The quantitative estimate of drug-likeness (QED) is 0.575. The number of hydrogen-bond donors (Lipinski definition) is 2. The Hall–Kier alpha value is -2.80. The molecule has 110 valence electrons. The lowest BCUT2D eigenvalue weighted by molar-refractivity contribution is 0.475. The van der Waals surface area contributed by atoms with Crippen LogP contribution in [0.5, 0.6) is 5.75 Å². The molecule has 0 amide bonds. The number of aromatic hydroxyl groups is 1. The molecule has 0 aliphatic heterocycles. The molecule has 3 aromatic rings. The summed E-state index contributed by atoms with van der Waals surface area (Å²) in [6.07, 6.45) is 1.51. The van der Waals surface area contributed by atoms with Crippen LogP contribution in [0.2, 0.25) is 0 Å². The monoisotopic (exact) mass is 314 g/mol. The van der Waals surface area contributed by atoms with Crippen LogP contribution < -0.4 is 0 Å². The second kappa shape index (κ2) is 5.90. The molecule has 0 aliphatic carbocycles. The Morgan fingerprint density at radius 3 is 2.82 bits per heavy atom. The van der Waals surface area contributed by atoms with E-state index in [0.717, 1.165) is 0 Å². The van der Waals surface area contributed by atoms with E-state index in [0.29, 0.717) is 11.1 Å². The Labute approximate surface area is 130 Å². The maximum absolute atomic E-state index is 13.9. The van der Waals surface area contributed by atoms with Crippen LogP contribution in [-0.4, -0.2) is 26.2 Å². The van der Waals surface area contributed by atoms with Crippen molar-refractivity contribution in [2.75, 3.05) is 0 Å². The molecular formula is C15H11FN4OS. The highest BCUT2D eigenvalue weighted by molar-refractivity contribution is 7.71. The molecule has 5 nitrogen and oxygen atoms in total. The maximum atomic E-state index is 13.9. The number of phenols is 1. The molecule has 3 rings (SSSR count). The Kier molecular flexibility index (Phi) is 3.80. The molecule has 0 atom stereocenters. The molecule has 0 saturated carbocycles. The Morgan fingerprint density at radius 2 is 2.05 bits per heavy atom. The lowest BCUT2D eigenvalue weighted by atomic mass is 10.2. The summed E-state index contributed by atoms with van der Waals surface area (Å²) >= 11 is 5.12. The SMILES string of the molecule is Oc1cccc(/C=N\n2c(-c3ccccc3F)n[nH]c2=S)c1. The van der Waals surface area contributed by atoms with E-state index in [1.165, 1.54) is 17.0 Å². The van der Waals surface area contributed by atoms with E-state index in [1.54, 1.807) is 42.5 Å². The molecule has 22 heavy (non-hydrogen) atoms. The van der Waals surface area contributed by atoms with Gasteiger partial charge in [-0.05, 0) is 42.0 Å². The summed E-state index contributed by atoms with van der Waals surface area (Å²) in [5.41, 5.74) is 0.977. The van der Waals surface area contributed by atoms with Crippen molar-refractivity contribution in [3.05, 3.63) is 64.7 Å². The fourth-order valence-corrected chi connectivity index (χ4v) is 2.12. The average Bonchev–Trinajstić information content (AvgIpc) is 2.87. The molecule has 2 N–H and O–H groups in total.